The molecule has 2 atom stereocenters. The summed E-state index contributed by atoms with van der Waals surface area (Å²) in [5.74, 6) is 0. The molecule has 0 saturated heterocycles. The van der Waals surface area contributed by atoms with Crippen LogP contribution in [0.2, 0.25) is 0 Å². The molecule has 0 amide bonds. The topological polar surface area (TPSA) is 58.9 Å². The molecule has 1 rings (SSSR count). The highest BCUT2D eigenvalue weighted by Gasteiger charge is 2.17. The van der Waals surface area contributed by atoms with E-state index in [9.17, 15) is 5.11 Å². The van der Waals surface area contributed by atoms with Gasteiger partial charge in [-0.05, 0) is 12.0 Å². The number of aliphatic hydroxyl groups excluding tert-OH is 1. The first-order chi connectivity index (χ1) is 9.77. The third kappa shape index (κ3) is 6.82. The zero-order valence-corrected chi connectivity index (χ0v) is 11.9. The molecule has 0 spiro atoms. The quantitative estimate of drug-likeness (QED) is 0.299. The Morgan fingerprint density at radius 1 is 1.25 bits per heavy atom. The van der Waals surface area contributed by atoms with E-state index in [-0.39, 0.29) is 6.61 Å². The van der Waals surface area contributed by atoms with Gasteiger partial charge in [0.2, 0.25) is 0 Å². The third-order valence-electron chi connectivity index (χ3n) is 2.95. The number of aliphatic hydroxyl groups is 1. The second-order valence-electron chi connectivity index (χ2n) is 4.71. The van der Waals surface area contributed by atoms with Crippen molar-refractivity contribution in [3.05, 3.63) is 48.0 Å². The Morgan fingerprint density at radius 2 is 2.00 bits per heavy atom. The summed E-state index contributed by atoms with van der Waals surface area (Å²) in [6, 6.07) is 9.72. The van der Waals surface area contributed by atoms with E-state index in [1.807, 2.05) is 36.4 Å². The predicted molar refractivity (Wildman–Crippen MR) is 78.3 cm³/mol. The smallest absolute Gasteiger partial charge is 0.139 e. The molecule has 2 N–H and O–H groups in total. The normalized spacial score (nSPS) is 14.6. The largest absolute Gasteiger partial charge is 0.388 e. The molecule has 4 nitrogen and oxygen atoms in total. The molecule has 0 aliphatic rings. The van der Waals surface area contributed by atoms with Crippen molar-refractivity contribution in [1.82, 2.24) is 0 Å². The molecule has 4 heteroatoms. The monoisotopic (exact) mass is 280 g/mol. The fourth-order valence-electron chi connectivity index (χ4n) is 1.75. The van der Waals surface area contributed by atoms with Crippen LogP contribution in [-0.4, -0.2) is 29.2 Å². The minimum Gasteiger partial charge on any atom is -0.388 e. The van der Waals surface area contributed by atoms with E-state index in [1.165, 1.54) is 0 Å². The van der Waals surface area contributed by atoms with Crippen molar-refractivity contribution in [3.63, 3.8) is 0 Å². The van der Waals surface area contributed by atoms with Crippen molar-refractivity contribution >= 4 is 0 Å². The standard InChI is InChI=1S/C16H24O4/c1-2-3-4-8-11-16(20-18)15(17)13-19-12-14-9-6-5-7-10-14/h5-11,15-18H,2-4,12-13H2,1H3/b11-8+/t15-,16-/m1/s1. The summed E-state index contributed by atoms with van der Waals surface area (Å²) in [5, 5.41) is 18.7. The molecule has 0 aliphatic heterocycles. The average molecular weight is 280 g/mol. The van der Waals surface area contributed by atoms with Gasteiger partial charge < -0.3 is 9.84 Å². The van der Waals surface area contributed by atoms with Crippen LogP contribution in [0.15, 0.2) is 42.5 Å². The number of hydrogen-bond donors (Lipinski definition) is 2. The van der Waals surface area contributed by atoms with Crippen LogP contribution < -0.4 is 0 Å². The van der Waals surface area contributed by atoms with Gasteiger partial charge in [0.15, 0.2) is 0 Å². The summed E-state index contributed by atoms with van der Waals surface area (Å²) in [7, 11) is 0. The maximum Gasteiger partial charge on any atom is 0.139 e. The molecule has 0 fully saturated rings. The van der Waals surface area contributed by atoms with Crippen LogP contribution in [0.4, 0.5) is 0 Å². The second kappa shape index (κ2) is 10.6. The summed E-state index contributed by atoms with van der Waals surface area (Å²) in [4.78, 5) is 4.28. The number of rotatable bonds is 10. The Hall–Kier alpha value is -1.20. The van der Waals surface area contributed by atoms with Crippen molar-refractivity contribution in [1.29, 1.82) is 0 Å². The third-order valence-corrected chi connectivity index (χ3v) is 2.95. The molecule has 0 bridgehead atoms. The lowest BCUT2D eigenvalue weighted by atomic mass is 10.1. The van der Waals surface area contributed by atoms with Crippen molar-refractivity contribution in [2.45, 2.75) is 45.0 Å². The van der Waals surface area contributed by atoms with Crippen molar-refractivity contribution in [3.8, 4) is 0 Å². The Morgan fingerprint density at radius 3 is 2.65 bits per heavy atom. The Balaban J connectivity index is 2.28. The Labute approximate surface area is 120 Å². The number of allylic oxidation sites excluding steroid dienone is 1. The Bertz CT molecular complexity index is 364. The number of unbranched alkanes of at least 4 members (excludes halogenated alkanes) is 2. The molecule has 0 heterocycles. The fraction of sp³-hybridized carbons (Fsp3) is 0.500. The molecule has 0 unspecified atom stereocenters. The molecule has 20 heavy (non-hydrogen) atoms. The van der Waals surface area contributed by atoms with Gasteiger partial charge >= 0.3 is 0 Å². The zero-order chi connectivity index (χ0) is 14.6. The van der Waals surface area contributed by atoms with E-state index in [0.717, 1.165) is 24.8 Å². The molecular formula is C16H24O4. The van der Waals surface area contributed by atoms with Gasteiger partial charge in [0.1, 0.15) is 12.2 Å². The zero-order valence-electron chi connectivity index (χ0n) is 11.9. The second-order valence-corrected chi connectivity index (χ2v) is 4.71. The summed E-state index contributed by atoms with van der Waals surface area (Å²) in [6.07, 6.45) is 5.04. The lowest BCUT2D eigenvalue weighted by molar-refractivity contribution is -0.286. The van der Waals surface area contributed by atoms with Gasteiger partial charge in [0.05, 0.1) is 13.2 Å². The van der Waals surface area contributed by atoms with Crippen LogP contribution in [0.25, 0.3) is 0 Å². The summed E-state index contributed by atoms with van der Waals surface area (Å²) in [6.45, 7) is 2.65. The van der Waals surface area contributed by atoms with Gasteiger partial charge in [-0.1, -0.05) is 62.2 Å². The molecule has 0 radical (unpaired) electrons. The van der Waals surface area contributed by atoms with E-state index in [4.69, 9.17) is 9.99 Å². The van der Waals surface area contributed by atoms with E-state index in [2.05, 4.69) is 11.8 Å². The molecule has 1 aromatic carbocycles. The molecule has 0 saturated carbocycles. The van der Waals surface area contributed by atoms with E-state index >= 15 is 0 Å². The van der Waals surface area contributed by atoms with Crippen LogP contribution in [0, 0.1) is 0 Å². The molecule has 1 aromatic rings. The SMILES string of the molecule is CCCC/C=C/[C@@H](OO)[C@H](O)COCc1ccccc1. The van der Waals surface area contributed by atoms with E-state index in [1.54, 1.807) is 6.08 Å². The number of hydrogen-bond acceptors (Lipinski definition) is 4. The van der Waals surface area contributed by atoms with Crippen molar-refractivity contribution < 1.29 is 20.0 Å². The van der Waals surface area contributed by atoms with Gasteiger partial charge in [0.25, 0.3) is 0 Å². The lowest BCUT2D eigenvalue weighted by Gasteiger charge is -2.16. The van der Waals surface area contributed by atoms with Crippen LogP contribution in [0.5, 0.6) is 0 Å². The Kier molecular flexibility index (Phi) is 8.91. The van der Waals surface area contributed by atoms with Crippen molar-refractivity contribution in [2.24, 2.45) is 0 Å². The molecular weight excluding hydrogens is 256 g/mol. The molecule has 0 aliphatic carbocycles. The molecule has 112 valence electrons. The van der Waals surface area contributed by atoms with Crippen molar-refractivity contribution in [2.75, 3.05) is 6.61 Å². The van der Waals surface area contributed by atoms with E-state index in [0.29, 0.717) is 6.61 Å². The maximum atomic E-state index is 9.88. The highest BCUT2D eigenvalue weighted by Crippen LogP contribution is 2.06. The highest BCUT2D eigenvalue weighted by atomic mass is 17.1. The minimum absolute atomic E-state index is 0.109. The van der Waals surface area contributed by atoms with Gasteiger partial charge in [-0.25, -0.2) is 4.89 Å². The first-order valence-electron chi connectivity index (χ1n) is 7.04. The van der Waals surface area contributed by atoms with Gasteiger partial charge in [0, 0.05) is 0 Å². The average Bonchev–Trinajstić information content (AvgIpc) is 2.48. The van der Waals surface area contributed by atoms with Gasteiger partial charge in [-0.3, -0.25) is 5.26 Å². The van der Waals surface area contributed by atoms with Crippen LogP contribution in [0.1, 0.15) is 31.7 Å². The molecule has 0 aromatic heterocycles. The van der Waals surface area contributed by atoms with Gasteiger partial charge in [-0.2, -0.15) is 0 Å². The van der Waals surface area contributed by atoms with Crippen LogP contribution in [0.3, 0.4) is 0 Å². The summed E-state index contributed by atoms with van der Waals surface area (Å²) < 4.78 is 5.42. The lowest BCUT2D eigenvalue weighted by Crippen LogP contribution is -2.30. The van der Waals surface area contributed by atoms with Gasteiger partial charge in [-0.15, -0.1) is 0 Å². The minimum atomic E-state index is -0.887. The number of ether oxygens (including phenoxy) is 1. The first kappa shape index (κ1) is 16.9. The maximum absolute atomic E-state index is 9.88. The highest BCUT2D eigenvalue weighted by molar-refractivity contribution is 5.13. The van der Waals surface area contributed by atoms with E-state index < -0.39 is 12.2 Å². The van der Waals surface area contributed by atoms with Crippen LogP contribution in [-0.2, 0) is 16.2 Å². The summed E-state index contributed by atoms with van der Waals surface area (Å²) >= 11 is 0. The number of benzene rings is 1. The first-order valence-corrected chi connectivity index (χ1v) is 7.04. The van der Waals surface area contributed by atoms with Crippen LogP contribution >= 0.6 is 0 Å². The summed E-state index contributed by atoms with van der Waals surface area (Å²) in [5.41, 5.74) is 1.04. The fourth-order valence-corrected chi connectivity index (χ4v) is 1.75. The predicted octanol–water partition coefficient (Wildman–Crippen LogP) is 3.17.